The lowest BCUT2D eigenvalue weighted by atomic mass is 9.79. The van der Waals surface area contributed by atoms with E-state index in [4.69, 9.17) is 11.6 Å². The molecule has 0 heterocycles. The summed E-state index contributed by atoms with van der Waals surface area (Å²) in [4.78, 5) is 0. The van der Waals surface area contributed by atoms with Crippen molar-refractivity contribution < 1.29 is 0 Å². The van der Waals surface area contributed by atoms with Gasteiger partial charge in [-0.15, -0.1) is 0 Å². The second kappa shape index (κ2) is 6.21. The number of rotatable bonds is 4. The van der Waals surface area contributed by atoms with E-state index in [1.807, 2.05) is 13.1 Å². The molecule has 2 aromatic carbocycles. The van der Waals surface area contributed by atoms with Gasteiger partial charge in [-0.3, -0.25) is 0 Å². The Morgan fingerprint density at radius 1 is 1.14 bits per heavy atom. The van der Waals surface area contributed by atoms with Gasteiger partial charge in [0, 0.05) is 5.02 Å². The van der Waals surface area contributed by atoms with Crippen LogP contribution in [-0.2, 0) is 0 Å². The van der Waals surface area contributed by atoms with Crippen LogP contribution in [0.5, 0.6) is 0 Å². The summed E-state index contributed by atoms with van der Waals surface area (Å²) in [5.41, 5.74) is 5.12. The Kier molecular flexibility index (Phi) is 4.32. The molecule has 1 aliphatic carbocycles. The first-order valence-electron chi connectivity index (χ1n) is 7.72. The lowest BCUT2D eigenvalue weighted by Gasteiger charge is -2.27. The van der Waals surface area contributed by atoms with E-state index in [1.165, 1.54) is 36.0 Å². The molecule has 3 rings (SSSR count). The van der Waals surface area contributed by atoms with Crippen LogP contribution in [0.25, 0.3) is 0 Å². The highest BCUT2D eigenvalue weighted by atomic mass is 35.5. The highest BCUT2D eigenvalue weighted by Crippen LogP contribution is 2.38. The van der Waals surface area contributed by atoms with Crippen molar-refractivity contribution in [3.8, 4) is 0 Å². The topological polar surface area (TPSA) is 12.0 Å². The SMILES string of the molecule is CNC(c1cccc(C2CCC2)c1)c1ccc(C)cc1Cl. The zero-order chi connectivity index (χ0) is 14.8. The Hall–Kier alpha value is -1.31. The number of nitrogens with one attached hydrogen (secondary N) is 1. The summed E-state index contributed by atoms with van der Waals surface area (Å²) in [6.07, 6.45) is 4.03. The number of aryl methyl sites for hydroxylation is 1. The molecule has 1 atom stereocenters. The maximum absolute atomic E-state index is 6.45. The summed E-state index contributed by atoms with van der Waals surface area (Å²) < 4.78 is 0. The number of hydrogen-bond donors (Lipinski definition) is 1. The molecular weight excluding hydrogens is 278 g/mol. The van der Waals surface area contributed by atoms with E-state index in [2.05, 4.69) is 48.6 Å². The maximum Gasteiger partial charge on any atom is 0.0589 e. The van der Waals surface area contributed by atoms with Crippen molar-refractivity contribution in [3.05, 3.63) is 69.7 Å². The van der Waals surface area contributed by atoms with E-state index < -0.39 is 0 Å². The van der Waals surface area contributed by atoms with E-state index >= 15 is 0 Å². The molecule has 2 heteroatoms. The van der Waals surface area contributed by atoms with E-state index in [0.717, 1.165) is 16.5 Å². The van der Waals surface area contributed by atoms with Crippen LogP contribution in [-0.4, -0.2) is 7.05 Å². The molecule has 1 fully saturated rings. The predicted octanol–water partition coefficient (Wildman–Crippen LogP) is 5.22. The van der Waals surface area contributed by atoms with Crippen LogP contribution in [0.4, 0.5) is 0 Å². The van der Waals surface area contributed by atoms with Gasteiger partial charge in [0.05, 0.1) is 6.04 Å². The molecule has 110 valence electrons. The van der Waals surface area contributed by atoms with Crippen LogP contribution in [0.3, 0.4) is 0 Å². The first-order valence-corrected chi connectivity index (χ1v) is 8.10. The van der Waals surface area contributed by atoms with Crippen LogP contribution < -0.4 is 5.32 Å². The minimum absolute atomic E-state index is 0.151. The third-order valence-corrected chi connectivity index (χ3v) is 4.90. The molecule has 1 N–H and O–H groups in total. The van der Waals surface area contributed by atoms with Crippen LogP contribution in [0.1, 0.15) is 53.5 Å². The molecule has 0 spiro atoms. The lowest BCUT2D eigenvalue weighted by Crippen LogP contribution is -2.19. The van der Waals surface area contributed by atoms with E-state index in [0.29, 0.717) is 0 Å². The molecule has 0 amide bonds. The summed E-state index contributed by atoms with van der Waals surface area (Å²) in [5.74, 6) is 0.760. The quantitative estimate of drug-likeness (QED) is 0.815. The molecule has 0 radical (unpaired) electrons. The zero-order valence-corrected chi connectivity index (χ0v) is 13.5. The van der Waals surface area contributed by atoms with Crippen molar-refractivity contribution in [1.29, 1.82) is 0 Å². The fourth-order valence-electron chi connectivity index (χ4n) is 3.10. The normalized spacial score (nSPS) is 16.5. The molecular formula is C19H22ClN. The van der Waals surface area contributed by atoms with Gasteiger partial charge in [-0.05, 0) is 61.1 Å². The van der Waals surface area contributed by atoms with Gasteiger partial charge in [-0.2, -0.15) is 0 Å². The first-order chi connectivity index (χ1) is 10.2. The molecule has 2 aromatic rings. The van der Waals surface area contributed by atoms with Crippen molar-refractivity contribution in [2.45, 2.75) is 38.1 Å². The average molecular weight is 300 g/mol. The van der Waals surface area contributed by atoms with Crippen LogP contribution in [0.2, 0.25) is 5.02 Å². The molecule has 21 heavy (non-hydrogen) atoms. The van der Waals surface area contributed by atoms with Gasteiger partial charge in [-0.25, -0.2) is 0 Å². The van der Waals surface area contributed by atoms with Gasteiger partial charge in [0.25, 0.3) is 0 Å². The molecule has 1 aliphatic rings. The Labute approximate surface area is 132 Å². The van der Waals surface area contributed by atoms with Crippen molar-refractivity contribution in [2.24, 2.45) is 0 Å². The highest BCUT2D eigenvalue weighted by molar-refractivity contribution is 6.31. The zero-order valence-electron chi connectivity index (χ0n) is 12.7. The molecule has 0 aliphatic heterocycles. The minimum Gasteiger partial charge on any atom is -0.309 e. The predicted molar refractivity (Wildman–Crippen MR) is 90.1 cm³/mol. The second-order valence-electron chi connectivity index (χ2n) is 6.04. The lowest BCUT2D eigenvalue weighted by molar-refractivity contribution is 0.419. The van der Waals surface area contributed by atoms with Gasteiger partial charge in [0.1, 0.15) is 0 Å². The Bertz CT molecular complexity index is 631. The summed E-state index contributed by atoms with van der Waals surface area (Å²) in [7, 11) is 2.00. The van der Waals surface area contributed by atoms with Gasteiger partial charge < -0.3 is 5.32 Å². The molecule has 0 bridgehead atoms. The van der Waals surface area contributed by atoms with Crippen LogP contribution in [0, 0.1) is 6.92 Å². The summed E-state index contributed by atoms with van der Waals surface area (Å²) in [6.45, 7) is 2.07. The van der Waals surface area contributed by atoms with Crippen molar-refractivity contribution >= 4 is 11.6 Å². The minimum atomic E-state index is 0.151. The van der Waals surface area contributed by atoms with Crippen molar-refractivity contribution in [2.75, 3.05) is 7.05 Å². The fraction of sp³-hybridized carbons (Fsp3) is 0.368. The van der Waals surface area contributed by atoms with Gasteiger partial charge >= 0.3 is 0 Å². The van der Waals surface area contributed by atoms with E-state index in [1.54, 1.807) is 0 Å². The van der Waals surface area contributed by atoms with Crippen molar-refractivity contribution in [1.82, 2.24) is 5.32 Å². The highest BCUT2D eigenvalue weighted by Gasteiger charge is 2.21. The molecule has 1 nitrogen and oxygen atoms in total. The fourth-order valence-corrected chi connectivity index (χ4v) is 3.45. The molecule has 1 saturated carbocycles. The summed E-state index contributed by atoms with van der Waals surface area (Å²) >= 11 is 6.45. The second-order valence-corrected chi connectivity index (χ2v) is 6.45. The first kappa shape index (κ1) is 14.6. The average Bonchev–Trinajstić information content (AvgIpc) is 2.40. The maximum atomic E-state index is 6.45. The largest absolute Gasteiger partial charge is 0.309 e. The smallest absolute Gasteiger partial charge is 0.0589 e. The Balaban J connectivity index is 1.95. The third-order valence-electron chi connectivity index (χ3n) is 4.58. The monoisotopic (exact) mass is 299 g/mol. The van der Waals surface area contributed by atoms with Gasteiger partial charge in [0.15, 0.2) is 0 Å². The Morgan fingerprint density at radius 3 is 2.57 bits per heavy atom. The number of halogens is 1. The molecule has 1 unspecified atom stereocenters. The van der Waals surface area contributed by atoms with Gasteiger partial charge in [0.2, 0.25) is 0 Å². The third kappa shape index (κ3) is 3.00. The van der Waals surface area contributed by atoms with Crippen LogP contribution in [0.15, 0.2) is 42.5 Å². The number of benzene rings is 2. The Morgan fingerprint density at radius 2 is 1.95 bits per heavy atom. The molecule has 0 aromatic heterocycles. The molecule has 0 saturated heterocycles. The van der Waals surface area contributed by atoms with Crippen molar-refractivity contribution in [3.63, 3.8) is 0 Å². The van der Waals surface area contributed by atoms with Crippen LogP contribution >= 0.6 is 11.6 Å². The summed E-state index contributed by atoms with van der Waals surface area (Å²) in [5, 5.41) is 4.25. The number of hydrogen-bond acceptors (Lipinski definition) is 1. The van der Waals surface area contributed by atoms with E-state index in [-0.39, 0.29) is 6.04 Å². The summed E-state index contributed by atoms with van der Waals surface area (Å²) in [6, 6.07) is 15.4. The van der Waals surface area contributed by atoms with Gasteiger partial charge in [-0.1, -0.05) is 54.4 Å². The standard InChI is InChI=1S/C19H22ClN/c1-13-9-10-17(18(20)11-13)19(21-2)16-8-4-7-15(12-16)14-5-3-6-14/h4,7-12,14,19,21H,3,5-6H2,1-2H3. The van der Waals surface area contributed by atoms with E-state index in [9.17, 15) is 0 Å².